The van der Waals surface area contributed by atoms with Crippen molar-refractivity contribution in [2.75, 3.05) is 18.2 Å². The number of methoxy groups -OCH3 is 1. The number of nitrogen functional groups attached to an aromatic ring is 1. The van der Waals surface area contributed by atoms with E-state index >= 15 is 0 Å². The Kier molecular flexibility index (Phi) is 4.52. The Bertz CT molecular complexity index is 662. The molecule has 2 aromatic rings. The van der Waals surface area contributed by atoms with Gasteiger partial charge in [0.25, 0.3) is 0 Å². The van der Waals surface area contributed by atoms with E-state index in [4.69, 9.17) is 22.1 Å². The van der Waals surface area contributed by atoms with Crippen molar-refractivity contribution in [3.05, 3.63) is 51.5 Å². The van der Waals surface area contributed by atoms with Crippen LogP contribution in [0.15, 0.2) is 40.9 Å². The first kappa shape index (κ1) is 14.7. The molecule has 2 rings (SSSR count). The molecule has 0 heterocycles. The van der Waals surface area contributed by atoms with E-state index in [1.807, 2.05) is 12.1 Å². The first-order valence-corrected chi connectivity index (χ1v) is 6.88. The molecule has 4 nitrogen and oxygen atoms in total. The number of halogens is 2. The lowest BCUT2D eigenvalue weighted by molar-refractivity contribution is 0.0602. The van der Waals surface area contributed by atoms with Crippen molar-refractivity contribution in [2.24, 2.45) is 0 Å². The molecule has 0 aliphatic carbocycles. The quantitative estimate of drug-likeness (QED) is 0.639. The van der Waals surface area contributed by atoms with Crippen LogP contribution in [-0.4, -0.2) is 13.1 Å². The Morgan fingerprint density at radius 1 is 1.30 bits per heavy atom. The molecule has 0 amide bonds. The van der Waals surface area contributed by atoms with Crippen LogP contribution in [0.3, 0.4) is 0 Å². The van der Waals surface area contributed by atoms with Gasteiger partial charge in [0.2, 0.25) is 0 Å². The normalized spacial score (nSPS) is 10.2. The molecule has 0 saturated heterocycles. The molecule has 0 fully saturated rings. The highest BCUT2D eigenvalue weighted by atomic mass is 79.9. The highest BCUT2D eigenvalue weighted by Gasteiger charge is 2.12. The van der Waals surface area contributed by atoms with Gasteiger partial charge in [0.05, 0.1) is 23.4 Å². The van der Waals surface area contributed by atoms with Crippen molar-refractivity contribution in [1.29, 1.82) is 0 Å². The summed E-state index contributed by atoms with van der Waals surface area (Å²) in [6.45, 7) is 0. The van der Waals surface area contributed by atoms with E-state index in [0.717, 1.165) is 10.2 Å². The van der Waals surface area contributed by atoms with Gasteiger partial charge in [-0.2, -0.15) is 0 Å². The Morgan fingerprint density at radius 3 is 2.70 bits per heavy atom. The number of rotatable bonds is 3. The average molecular weight is 356 g/mol. The Balaban J connectivity index is 2.37. The van der Waals surface area contributed by atoms with Gasteiger partial charge < -0.3 is 15.8 Å². The fourth-order valence-electron chi connectivity index (χ4n) is 1.68. The van der Waals surface area contributed by atoms with Gasteiger partial charge in [-0.05, 0) is 52.3 Å². The largest absolute Gasteiger partial charge is 0.465 e. The molecule has 0 aliphatic heterocycles. The summed E-state index contributed by atoms with van der Waals surface area (Å²) in [5.41, 5.74) is 7.96. The summed E-state index contributed by atoms with van der Waals surface area (Å²) < 4.78 is 5.51. The highest BCUT2D eigenvalue weighted by molar-refractivity contribution is 9.10. The van der Waals surface area contributed by atoms with Crippen LogP contribution in [0.25, 0.3) is 0 Å². The number of hydrogen-bond acceptors (Lipinski definition) is 4. The molecule has 6 heteroatoms. The van der Waals surface area contributed by atoms with E-state index in [-0.39, 0.29) is 0 Å². The minimum Gasteiger partial charge on any atom is -0.465 e. The predicted molar refractivity (Wildman–Crippen MR) is 84.6 cm³/mol. The van der Waals surface area contributed by atoms with Gasteiger partial charge in [-0.1, -0.05) is 11.6 Å². The third kappa shape index (κ3) is 3.23. The molecule has 0 unspecified atom stereocenters. The number of nitrogens with two attached hydrogens (primary N) is 1. The van der Waals surface area contributed by atoms with Gasteiger partial charge in [-0.15, -0.1) is 0 Å². The maximum Gasteiger partial charge on any atom is 0.340 e. The summed E-state index contributed by atoms with van der Waals surface area (Å²) in [5, 5.41) is 3.75. The molecular weight excluding hydrogens is 344 g/mol. The second-order valence-electron chi connectivity index (χ2n) is 4.05. The summed E-state index contributed by atoms with van der Waals surface area (Å²) in [6, 6.07) is 10.4. The second-order valence-corrected chi connectivity index (χ2v) is 5.31. The number of hydrogen-bond donors (Lipinski definition) is 2. The van der Waals surface area contributed by atoms with Crippen molar-refractivity contribution in [1.82, 2.24) is 0 Å². The van der Waals surface area contributed by atoms with E-state index in [2.05, 4.69) is 21.2 Å². The number of ether oxygens (including phenoxy) is 1. The van der Waals surface area contributed by atoms with Crippen molar-refractivity contribution in [3.63, 3.8) is 0 Å². The number of carbonyl (C=O) groups excluding carboxylic acids is 1. The van der Waals surface area contributed by atoms with Crippen LogP contribution < -0.4 is 11.1 Å². The zero-order valence-electron chi connectivity index (χ0n) is 10.6. The fraction of sp³-hybridized carbons (Fsp3) is 0.0714. The molecule has 0 atom stereocenters. The van der Waals surface area contributed by atoms with Crippen LogP contribution in [0.2, 0.25) is 5.02 Å². The first-order chi connectivity index (χ1) is 9.51. The maximum atomic E-state index is 11.7. The predicted octanol–water partition coefficient (Wildman–Crippen LogP) is 4.21. The summed E-state index contributed by atoms with van der Waals surface area (Å²) in [4.78, 5) is 11.7. The topological polar surface area (TPSA) is 64.3 Å². The lowest BCUT2D eigenvalue weighted by Gasteiger charge is -2.12. The first-order valence-electron chi connectivity index (χ1n) is 5.71. The molecule has 0 saturated carbocycles. The second kappa shape index (κ2) is 6.15. The van der Waals surface area contributed by atoms with Crippen LogP contribution in [0.4, 0.5) is 17.1 Å². The van der Waals surface area contributed by atoms with E-state index in [9.17, 15) is 4.79 Å². The lowest BCUT2D eigenvalue weighted by Crippen LogP contribution is -2.06. The Hall–Kier alpha value is -1.72. The van der Waals surface area contributed by atoms with Gasteiger partial charge in [-0.25, -0.2) is 4.79 Å². The summed E-state index contributed by atoms with van der Waals surface area (Å²) in [6.07, 6.45) is 0. The van der Waals surface area contributed by atoms with Gasteiger partial charge in [0, 0.05) is 15.8 Å². The van der Waals surface area contributed by atoms with Crippen LogP contribution >= 0.6 is 27.5 Å². The molecule has 0 bridgehead atoms. The van der Waals surface area contributed by atoms with Crippen LogP contribution in [0, 0.1) is 0 Å². The third-order valence-electron chi connectivity index (χ3n) is 2.65. The van der Waals surface area contributed by atoms with Gasteiger partial charge >= 0.3 is 5.97 Å². The molecule has 0 aliphatic rings. The zero-order valence-corrected chi connectivity index (χ0v) is 13.0. The van der Waals surface area contributed by atoms with Crippen molar-refractivity contribution in [3.8, 4) is 0 Å². The van der Waals surface area contributed by atoms with Gasteiger partial charge in [0.1, 0.15) is 0 Å². The number of benzene rings is 2. The molecular formula is C14H12BrClN2O2. The molecule has 0 radical (unpaired) electrons. The number of carbonyl (C=O) groups is 1. The minimum atomic E-state index is -0.451. The Morgan fingerprint density at radius 2 is 2.05 bits per heavy atom. The summed E-state index contributed by atoms with van der Waals surface area (Å²) >= 11 is 9.29. The smallest absolute Gasteiger partial charge is 0.340 e. The monoisotopic (exact) mass is 354 g/mol. The number of esters is 1. The molecule has 0 spiro atoms. The van der Waals surface area contributed by atoms with Gasteiger partial charge in [-0.3, -0.25) is 0 Å². The van der Waals surface area contributed by atoms with Crippen molar-refractivity contribution >= 4 is 50.6 Å². The van der Waals surface area contributed by atoms with Crippen molar-refractivity contribution in [2.45, 2.75) is 0 Å². The maximum absolute atomic E-state index is 11.7. The van der Waals surface area contributed by atoms with E-state index in [0.29, 0.717) is 22.0 Å². The number of anilines is 3. The third-order valence-corrected chi connectivity index (χ3v) is 3.86. The SMILES string of the molecule is COC(=O)c1cc(N)ccc1Nc1ccc(Cl)c(Br)c1. The van der Waals surface area contributed by atoms with E-state index < -0.39 is 5.97 Å². The fourth-order valence-corrected chi connectivity index (χ4v) is 2.18. The Labute approximate surface area is 130 Å². The van der Waals surface area contributed by atoms with Gasteiger partial charge in [0.15, 0.2) is 0 Å². The average Bonchev–Trinajstić information content (AvgIpc) is 2.44. The summed E-state index contributed by atoms with van der Waals surface area (Å²) in [7, 11) is 1.33. The number of nitrogens with one attached hydrogen (secondary N) is 1. The minimum absolute atomic E-state index is 0.374. The standard InChI is InChI=1S/C14H12BrClN2O2/c1-20-14(19)10-6-8(17)2-5-13(10)18-9-3-4-12(16)11(15)7-9/h2-7,18H,17H2,1H3. The van der Waals surface area contributed by atoms with Crippen LogP contribution in [0.1, 0.15) is 10.4 Å². The summed E-state index contributed by atoms with van der Waals surface area (Å²) in [5.74, 6) is -0.451. The van der Waals surface area contributed by atoms with Crippen LogP contribution in [0.5, 0.6) is 0 Å². The van der Waals surface area contributed by atoms with Crippen LogP contribution in [-0.2, 0) is 4.74 Å². The molecule has 104 valence electrons. The highest BCUT2D eigenvalue weighted by Crippen LogP contribution is 2.29. The zero-order chi connectivity index (χ0) is 14.7. The van der Waals surface area contributed by atoms with E-state index in [1.54, 1.807) is 24.3 Å². The molecule has 2 aromatic carbocycles. The molecule has 20 heavy (non-hydrogen) atoms. The molecule has 0 aromatic heterocycles. The van der Waals surface area contributed by atoms with Crippen molar-refractivity contribution < 1.29 is 9.53 Å². The molecule has 3 N–H and O–H groups in total. The lowest BCUT2D eigenvalue weighted by atomic mass is 10.1. The van der Waals surface area contributed by atoms with E-state index in [1.165, 1.54) is 7.11 Å².